The predicted molar refractivity (Wildman–Crippen MR) is 73.6 cm³/mol. The molecule has 0 spiro atoms. The molecule has 1 N–H and O–H groups in total. The van der Waals surface area contributed by atoms with Crippen molar-refractivity contribution in [2.45, 2.75) is 12.5 Å². The highest BCUT2D eigenvalue weighted by molar-refractivity contribution is 5.95. The molecule has 1 aromatic carbocycles. The van der Waals surface area contributed by atoms with Gasteiger partial charge in [-0.05, 0) is 17.5 Å². The standard InChI is InChI=1S/C15H13N3O3/c19-14(12-9-16-6-7-17-12)18-8-5-10-3-1-2-4-11(10)13(18)15(20)21/h1-4,6-7,9,13H,5,8H2,(H,20,21)/t13-/m1/s1. The number of aliphatic carboxylic acids is 1. The number of aromatic nitrogens is 2. The number of rotatable bonds is 2. The number of benzene rings is 1. The number of hydrogen-bond acceptors (Lipinski definition) is 4. The van der Waals surface area contributed by atoms with Crippen molar-refractivity contribution in [3.63, 3.8) is 0 Å². The summed E-state index contributed by atoms with van der Waals surface area (Å²) in [6, 6.07) is 6.33. The fourth-order valence-corrected chi connectivity index (χ4v) is 2.61. The largest absolute Gasteiger partial charge is 0.479 e. The molecule has 3 rings (SSSR count). The zero-order chi connectivity index (χ0) is 14.8. The van der Waals surface area contributed by atoms with Crippen LogP contribution in [0.2, 0.25) is 0 Å². The van der Waals surface area contributed by atoms with Gasteiger partial charge in [-0.1, -0.05) is 24.3 Å². The van der Waals surface area contributed by atoms with Gasteiger partial charge in [-0.3, -0.25) is 9.78 Å². The molecule has 2 aromatic rings. The molecule has 1 atom stereocenters. The molecule has 0 aliphatic carbocycles. The van der Waals surface area contributed by atoms with Crippen molar-refractivity contribution in [1.29, 1.82) is 0 Å². The van der Waals surface area contributed by atoms with Crippen LogP contribution in [0.5, 0.6) is 0 Å². The second kappa shape index (κ2) is 5.32. The van der Waals surface area contributed by atoms with Crippen molar-refractivity contribution < 1.29 is 14.7 Å². The first-order valence-corrected chi connectivity index (χ1v) is 6.56. The maximum absolute atomic E-state index is 12.5. The summed E-state index contributed by atoms with van der Waals surface area (Å²) in [6.45, 7) is 0.351. The molecule has 0 saturated heterocycles. The number of carboxylic acid groups (broad SMARTS) is 1. The van der Waals surface area contributed by atoms with Gasteiger partial charge in [-0.15, -0.1) is 0 Å². The van der Waals surface area contributed by atoms with Crippen LogP contribution in [-0.4, -0.2) is 38.4 Å². The van der Waals surface area contributed by atoms with Crippen LogP contribution in [0.3, 0.4) is 0 Å². The lowest BCUT2D eigenvalue weighted by Crippen LogP contribution is -2.43. The number of carboxylic acids is 1. The molecule has 0 bridgehead atoms. The SMILES string of the molecule is O=C(O)[C@H]1c2ccccc2CCN1C(=O)c1cnccn1. The molecule has 6 heteroatoms. The molecular weight excluding hydrogens is 270 g/mol. The van der Waals surface area contributed by atoms with E-state index in [1.165, 1.54) is 23.5 Å². The Morgan fingerprint density at radius 2 is 2.05 bits per heavy atom. The van der Waals surface area contributed by atoms with Crippen LogP contribution in [0, 0.1) is 0 Å². The first kappa shape index (κ1) is 13.2. The van der Waals surface area contributed by atoms with Gasteiger partial charge in [0.15, 0.2) is 6.04 Å². The van der Waals surface area contributed by atoms with E-state index in [1.807, 2.05) is 12.1 Å². The van der Waals surface area contributed by atoms with Crippen LogP contribution < -0.4 is 0 Å². The van der Waals surface area contributed by atoms with Gasteiger partial charge in [-0.25, -0.2) is 9.78 Å². The molecule has 0 saturated carbocycles. The van der Waals surface area contributed by atoms with E-state index in [2.05, 4.69) is 9.97 Å². The Morgan fingerprint density at radius 3 is 2.76 bits per heavy atom. The van der Waals surface area contributed by atoms with Gasteiger partial charge in [0.25, 0.3) is 5.91 Å². The average Bonchev–Trinajstić information content (AvgIpc) is 2.53. The number of carbonyl (C=O) groups excluding carboxylic acids is 1. The first-order valence-electron chi connectivity index (χ1n) is 6.56. The minimum Gasteiger partial charge on any atom is -0.479 e. The Morgan fingerprint density at radius 1 is 1.24 bits per heavy atom. The zero-order valence-electron chi connectivity index (χ0n) is 11.1. The van der Waals surface area contributed by atoms with E-state index in [1.54, 1.807) is 12.1 Å². The third kappa shape index (κ3) is 2.35. The lowest BCUT2D eigenvalue weighted by molar-refractivity contribution is -0.143. The third-order valence-corrected chi connectivity index (χ3v) is 3.56. The minimum absolute atomic E-state index is 0.156. The normalized spacial score (nSPS) is 17.1. The fourth-order valence-electron chi connectivity index (χ4n) is 2.61. The van der Waals surface area contributed by atoms with Gasteiger partial charge in [0.1, 0.15) is 5.69 Å². The Labute approximate surface area is 121 Å². The molecule has 1 aromatic heterocycles. The summed E-state index contributed by atoms with van der Waals surface area (Å²) in [5.74, 6) is -1.45. The molecule has 0 unspecified atom stereocenters. The second-order valence-electron chi connectivity index (χ2n) is 4.78. The molecule has 6 nitrogen and oxygen atoms in total. The molecule has 1 aliphatic heterocycles. The summed E-state index contributed by atoms with van der Waals surface area (Å²) in [7, 11) is 0. The fraction of sp³-hybridized carbons (Fsp3) is 0.200. The summed E-state index contributed by atoms with van der Waals surface area (Å²) in [6.07, 6.45) is 4.87. The Balaban J connectivity index is 2.00. The van der Waals surface area contributed by atoms with Crippen molar-refractivity contribution in [2.75, 3.05) is 6.54 Å². The van der Waals surface area contributed by atoms with Crippen LogP contribution in [0.1, 0.15) is 27.7 Å². The van der Waals surface area contributed by atoms with Crippen LogP contribution in [0.4, 0.5) is 0 Å². The second-order valence-corrected chi connectivity index (χ2v) is 4.78. The summed E-state index contributed by atoms with van der Waals surface area (Å²) >= 11 is 0. The lowest BCUT2D eigenvalue weighted by atomic mass is 9.92. The number of amides is 1. The van der Waals surface area contributed by atoms with Crippen LogP contribution >= 0.6 is 0 Å². The monoisotopic (exact) mass is 283 g/mol. The maximum Gasteiger partial charge on any atom is 0.331 e. The number of carbonyl (C=O) groups is 2. The van der Waals surface area contributed by atoms with E-state index in [0.717, 1.165) is 5.56 Å². The van der Waals surface area contributed by atoms with Crippen LogP contribution in [-0.2, 0) is 11.2 Å². The van der Waals surface area contributed by atoms with E-state index in [4.69, 9.17) is 0 Å². The number of nitrogens with zero attached hydrogens (tertiary/aromatic N) is 3. The Kier molecular flexibility index (Phi) is 3.35. The molecule has 1 aliphatic rings. The van der Waals surface area contributed by atoms with Crippen molar-refractivity contribution in [1.82, 2.24) is 14.9 Å². The van der Waals surface area contributed by atoms with Crippen LogP contribution in [0.15, 0.2) is 42.9 Å². The predicted octanol–water partition coefficient (Wildman–Crippen LogP) is 1.30. The van der Waals surface area contributed by atoms with E-state index in [-0.39, 0.29) is 5.69 Å². The molecule has 106 valence electrons. The van der Waals surface area contributed by atoms with Gasteiger partial charge < -0.3 is 10.0 Å². The molecule has 0 radical (unpaired) electrons. The highest BCUT2D eigenvalue weighted by Gasteiger charge is 2.36. The molecule has 2 heterocycles. The lowest BCUT2D eigenvalue weighted by Gasteiger charge is -2.34. The number of fused-ring (bicyclic) bond motifs is 1. The maximum atomic E-state index is 12.5. The summed E-state index contributed by atoms with van der Waals surface area (Å²) in [5.41, 5.74) is 1.78. The summed E-state index contributed by atoms with van der Waals surface area (Å²) in [5, 5.41) is 9.52. The smallest absolute Gasteiger partial charge is 0.331 e. The van der Waals surface area contributed by atoms with E-state index in [0.29, 0.717) is 18.5 Å². The third-order valence-electron chi connectivity index (χ3n) is 3.56. The quantitative estimate of drug-likeness (QED) is 0.898. The van der Waals surface area contributed by atoms with Gasteiger partial charge >= 0.3 is 5.97 Å². The molecule has 1 amide bonds. The highest BCUT2D eigenvalue weighted by Crippen LogP contribution is 2.30. The minimum atomic E-state index is -1.04. The molecule has 0 fully saturated rings. The van der Waals surface area contributed by atoms with Gasteiger partial charge in [0.05, 0.1) is 6.20 Å². The Bertz CT molecular complexity index is 688. The average molecular weight is 283 g/mol. The van der Waals surface area contributed by atoms with E-state index in [9.17, 15) is 14.7 Å². The van der Waals surface area contributed by atoms with Crippen molar-refractivity contribution in [3.8, 4) is 0 Å². The highest BCUT2D eigenvalue weighted by atomic mass is 16.4. The topological polar surface area (TPSA) is 83.4 Å². The number of hydrogen-bond donors (Lipinski definition) is 1. The Hall–Kier alpha value is -2.76. The van der Waals surface area contributed by atoms with Gasteiger partial charge in [-0.2, -0.15) is 0 Å². The van der Waals surface area contributed by atoms with Crippen LogP contribution in [0.25, 0.3) is 0 Å². The van der Waals surface area contributed by atoms with Gasteiger partial charge in [0.2, 0.25) is 0 Å². The zero-order valence-corrected chi connectivity index (χ0v) is 11.1. The van der Waals surface area contributed by atoms with Crippen molar-refractivity contribution >= 4 is 11.9 Å². The van der Waals surface area contributed by atoms with Crippen molar-refractivity contribution in [2.24, 2.45) is 0 Å². The first-order chi connectivity index (χ1) is 10.2. The summed E-state index contributed by atoms with van der Waals surface area (Å²) in [4.78, 5) is 33.3. The van der Waals surface area contributed by atoms with Gasteiger partial charge in [0, 0.05) is 18.9 Å². The molecule has 21 heavy (non-hydrogen) atoms. The van der Waals surface area contributed by atoms with E-state index >= 15 is 0 Å². The summed E-state index contributed by atoms with van der Waals surface area (Å²) < 4.78 is 0. The van der Waals surface area contributed by atoms with E-state index < -0.39 is 17.9 Å². The van der Waals surface area contributed by atoms with Crippen molar-refractivity contribution in [3.05, 3.63) is 59.7 Å². The molecular formula is C15H13N3O3.